The van der Waals surface area contributed by atoms with Gasteiger partial charge in [0.15, 0.2) is 0 Å². The van der Waals surface area contributed by atoms with E-state index in [2.05, 4.69) is 20.8 Å². The van der Waals surface area contributed by atoms with E-state index in [1.54, 1.807) is 0 Å². The second-order valence-corrected chi connectivity index (χ2v) is 5.34. The van der Waals surface area contributed by atoms with Crippen LogP contribution in [0.25, 0.3) is 0 Å². The molecule has 3 nitrogen and oxygen atoms in total. The summed E-state index contributed by atoms with van der Waals surface area (Å²) in [5.74, 6) is -0.808. The number of hydrogen-bond acceptors (Lipinski definition) is 2. The monoisotopic (exact) mass is 264 g/mol. The van der Waals surface area contributed by atoms with E-state index in [-0.39, 0.29) is 6.42 Å². The SMILES string of the molecule is Cc1c(C)c(C)c(C(O)CCCC(=O)O)c(C)c1C. The summed E-state index contributed by atoms with van der Waals surface area (Å²) < 4.78 is 0. The van der Waals surface area contributed by atoms with Crippen LogP contribution >= 0.6 is 0 Å². The first kappa shape index (κ1) is 15.7. The number of carbonyl (C=O) groups is 1. The molecule has 2 N–H and O–H groups in total. The van der Waals surface area contributed by atoms with Gasteiger partial charge in [-0.05, 0) is 80.8 Å². The number of carboxylic acid groups (broad SMARTS) is 1. The van der Waals surface area contributed by atoms with E-state index in [9.17, 15) is 9.90 Å². The van der Waals surface area contributed by atoms with Crippen molar-refractivity contribution in [3.05, 3.63) is 33.4 Å². The van der Waals surface area contributed by atoms with Crippen molar-refractivity contribution in [1.29, 1.82) is 0 Å². The van der Waals surface area contributed by atoms with Crippen molar-refractivity contribution in [2.45, 2.75) is 60.0 Å². The molecule has 0 spiro atoms. The van der Waals surface area contributed by atoms with Crippen LogP contribution < -0.4 is 0 Å². The van der Waals surface area contributed by atoms with Crippen molar-refractivity contribution >= 4 is 5.97 Å². The van der Waals surface area contributed by atoms with Gasteiger partial charge >= 0.3 is 5.97 Å². The van der Waals surface area contributed by atoms with E-state index in [4.69, 9.17) is 5.11 Å². The number of aliphatic hydroxyl groups is 1. The first-order valence-electron chi connectivity index (χ1n) is 6.74. The van der Waals surface area contributed by atoms with E-state index < -0.39 is 12.1 Å². The maximum absolute atomic E-state index is 10.5. The highest BCUT2D eigenvalue weighted by Crippen LogP contribution is 2.32. The lowest BCUT2D eigenvalue weighted by Gasteiger charge is -2.22. The summed E-state index contributed by atoms with van der Waals surface area (Å²) in [6, 6.07) is 0. The molecule has 19 heavy (non-hydrogen) atoms. The Labute approximate surface area is 115 Å². The van der Waals surface area contributed by atoms with E-state index >= 15 is 0 Å². The summed E-state index contributed by atoms with van der Waals surface area (Å²) in [7, 11) is 0. The van der Waals surface area contributed by atoms with Crippen LogP contribution in [0, 0.1) is 34.6 Å². The molecule has 0 aliphatic heterocycles. The second kappa shape index (κ2) is 6.20. The van der Waals surface area contributed by atoms with Gasteiger partial charge in [0.1, 0.15) is 0 Å². The highest BCUT2D eigenvalue weighted by molar-refractivity contribution is 5.66. The van der Waals surface area contributed by atoms with Gasteiger partial charge in [-0.3, -0.25) is 4.79 Å². The maximum Gasteiger partial charge on any atom is 0.303 e. The Morgan fingerprint density at radius 3 is 1.79 bits per heavy atom. The summed E-state index contributed by atoms with van der Waals surface area (Å²) in [4.78, 5) is 10.5. The Morgan fingerprint density at radius 2 is 1.37 bits per heavy atom. The minimum atomic E-state index is -0.808. The molecular formula is C16H24O3. The second-order valence-electron chi connectivity index (χ2n) is 5.34. The van der Waals surface area contributed by atoms with Crippen molar-refractivity contribution < 1.29 is 15.0 Å². The summed E-state index contributed by atoms with van der Waals surface area (Å²) in [5.41, 5.74) is 6.94. The molecule has 1 rings (SSSR count). The molecule has 0 amide bonds. The first-order valence-corrected chi connectivity index (χ1v) is 6.74. The van der Waals surface area contributed by atoms with Crippen molar-refractivity contribution in [3.63, 3.8) is 0 Å². The average Bonchev–Trinajstić information content (AvgIpc) is 2.34. The van der Waals surface area contributed by atoms with Crippen molar-refractivity contribution in [1.82, 2.24) is 0 Å². The topological polar surface area (TPSA) is 57.5 Å². The van der Waals surface area contributed by atoms with Crippen LogP contribution in [0.15, 0.2) is 0 Å². The van der Waals surface area contributed by atoms with Gasteiger partial charge in [0.05, 0.1) is 6.10 Å². The van der Waals surface area contributed by atoms with Crippen molar-refractivity contribution in [2.75, 3.05) is 0 Å². The third kappa shape index (κ3) is 3.35. The zero-order chi connectivity index (χ0) is 14.7. The van der Waals surface area contributed by atoms with Crippen LogP contribution in [-0.2, 0) is 4.79 Å². The third-order valence-corrected chi connectivity index (χ3v) is 4.26. The van der Waals surface area contributed by atoms with Gasteiger partial charge in [0.2, 0.25) is 0 Å². The van der Waals surface area contributed by atoms with E-state index in [0.29, 0.717) is 12.8 Å². The van der Waals surface area contributed by atoms with Gasteiger partial charge in [-0.2, -0.15) is 0 Å². The molecule has 1 aromatic rings. The summed E-state index contributed by atoms with van der Waals surface area (Å²) in [6.45, 7) is 10.3. The molecule has 0 fully saturated rings. The molecule has 1 unspecified atom stereocenters. The van der Waals surface area contributed by atoms with Crippen LogP contribution in [0.5, 0.6) is 0 Å². The van der Waals surface area contributed by atoms with E-state index in [1.165, 1.54) is 16.7 Å². The molecule has 0 aromatic heterocycles. The lowest BCUT2D eigenvalue weighted by atomic mass is 9.86. The number of aliphatic carboxylic acids is 1. The fraction of sp³-hybridized carbons (Fsp3) is 0.562. The highest BCUT2D eigenvalue weighted by Gasteiger charge is 2.18. The Bertz CT molecular complexity index is 460. The van der Waals surface area contributed by atoms with Gasteiger partial charge in [0, 0.05) is 6.42 Å². The Hall–Kier alpha value is -1.35. The maximum atomic E-state index is 10.5. The molecule has 106 valence electrons. The minimum absolute atomic E-state index is 0.110. The quantitative estimate of drug-likeness (QED) is 0.855. The van der Waals surface area contributed by atoms with Gasteiger partial charge in [-0.15, -0.1) is 0 Å². The largest absolute Gasteiger partial charge is 0.481 e. The van der Waals surface area contributed by atoms with Gasteiger partial charge < -0.3 is 10.2 Å². The number of hydrogen-bond donors (Lipinski definition) is 2. The van der Waals surface area contributed by atoms with E-state index in [1.807, 2.05) is 13.8 Å². The van der Waals surface area contributed by atoms with Crippen LogP contribution in [0.2, 0.25) is 0 Å². The summed E-state index contributed by atoms with van der Waals surface area (Å²) in [6.07, 6.45) is 0.535. The third-order valence-electron chi connectivity index (χ3n) is 4.26. The Kier molecular flexibility index (Phi) is 5.12. The van der Waals surface area contributed by atoms with Crippen LogP contribution in [-0.4, -0.2) is 16.2 Å². The van der Waals surface area contributed by atoms with Crippen molar-refractivity contribution in [2.24, 2.45) is 0 Å². The van der Waals surface area contributed by atoms with Gasteiger partial charge in [-0.25, -0.2) is 0 Å². The van der Waals surface area contributed by atoms with Gasteiger partial charge in [-0.1, -0.05) is 0 Å². The number of carboxylic acids is 1. The zero-order valence-corrected chi connectivity index (χ0v) is 12.5. The molecule has 1 atom stereocenters. The summed E-state index contributed by atoms with van der Waals surface area (Å²) >= 11 is 0. The van der Waals surface area contributed by atoms with Gasteiger partial charge in [0.25, 0.3) is 0 Å². The summed E-state index contributed by atoms with van der Waals surface area (Å²) in [5, 5.41) is 19.0. The first-order chi connectivity index (χ1) is 8.77. The lowest BCUT2D eigenvalue weighted by Crippen LogP contribution is -2.08. The number of benzene rings is 1. The zero-order valence-electron chi connectivity index (χ0n) is 12.5. The molecular weight excluding hydrogens is 240 g/mol. The molecule has 0 aliphatic carbocycles. The Morgan fingerprint density at radius 1 is 0.947 bits per heavy atom. The molecule has 0 saturated heterocycles. The molecule has 0 heterocycles. The minimum Gasteiger partial charge on any atom is -0.481 e. The fourth-order valence-electron chi connectivity index (χ4n) is 2.62. The molecule has 0 aliphatic rings. The molecule has 0 bridgehead atoms. The van der Waals surface area contributed by atoms with Crippen LogP contribution in [0.1, 0.15) is 58.7 Å². The average molecular weight is 264 g/mol. The standard InChI is InChI=1S/C16H24O3/c1-9-10(2)12(4)16(13(5)11(9)3)14(17)7-6-8-15(18)19/h14,17H,6-8H2,1-5H3,(H,18,19). The smallest absolute Gasteiger partial charge is 0.303 e. The van der Waals surface area contributed by atoms with Crippen LogP contribution in [0.3, 0.4) is 0 Å². The van der Waals surface area contributed by atoms with Crippen LogP contribution in [0.4, 0.5) is 0 Å². The molecule has 3 heteroatoms. The van der Waals surface area contributed by atoms with E-state index in [0.717, 1.165) is 16.7 Å². The highest BCUT2D eigenvalue weighted by atomic mass is 16.4. The normalized spacial score (nSPS) is 12.5. The lowest BCUT2D eigenvalue weighted by molar-refractivity contribution is -0.137. The number of aliphatic hydroxyl groups excluding tert-OH is 1. The van der Waals surface area contributed by atoms with Crippen molar-refractivity contribution in [3.8, 4) is 0 Å². The Balaban J connectivity index is 3.03. The molecule has 0 saturated carbocycles. The number of rotatable bonds is 5. The molecule has 1 aromatic carbocycles. The predicted molar refractivity (Wildman–Crippen MR) is 76.6 cm³/mol. The fourth-order valence-corrected chi connectivity index (χ4v) is 2.62. The molecule has 0 radical (unpaired) electrons. The predicted octanol–water partition coefficient (Wildman–Crippen LogP) is 3.52.